The smallest absolute Gasteiger partial charge is 0.230 e. The van der Waals surface area contributed by atoms with Gasteiger partial charge in [-0.2, -0.15) is 0 Å². The topological polar surface area (TPSA) is 58.1 Å². The predicted octanol–water partition coefficient (Wildman–Crippen LogP) is 3.54. The maximum Gasteiger partial charge on any atom is 0.230 e. The van der Waals surface area contributed by atoms with Crippen LogP contribution in [-0.4, -0.2) is 22.1 Å². The van der Waals surface area contributed by atoms with Gasteiger partial charge in [0, 0.05) is 17.1 Å². The predicted molar refractivity (Wildman–Crippen MR) is 91.9 cm³/mol. The van der Waals surface area contributed by atoms with Crippen molar-refractivity contribution in [2.24, 2.45) is 5.41 Å². The number of fused-ring (bicyclic) bond motifs is 1. The molecule has 5 nitrogen and oxygen atoms in total. The molecule has 0 saturated carbocycles. The maximum atomic E-state index is 12.0. The van der Waals surface area contributed by atoms with Crippen LogP contribution in [0.2, 0.25) is 0 Å². The molecule has 120 valence electrons. The molecule has 1 aromatic heterocycles. The van der Waals surface area contributed by atoms with Crippen molar-refractivity contribution >= 4 is 23.2 Å². The lowest BCUT2D eigenvalue weighted by Crippen LogP contribution is -2.28. The fourth-order valence-electron chi connectivity index (χ4n) is 2.74. The van der Waals surface area contributed by atoms with E-state index in [1.54, 1.807) is 6.07 Å². The van der Waals surface area contributed by atoms with Crippen LogP contribution in [-0.2, 0) is 11.2 Å². The SMILES string of the molecule is CC1Cc2ccccc2N1c1ccc(NC(=O)C(C)(C)C)nn1. The largest absolute Gasteiger partial charge is 0.321 e. The van der Waals surface area contributed by atoms with E-state index in [1.165, 1.54) is 11.3 Å². The Hall–Kier alpha value is -2.43. The number of para-hydroxylation sites is 1. The van der Waals surface area contributed by atoms with Crippen molar-refractivity contribution < 1.29 is 4.79 Å². The van der Waals surface area contributed by atoms with Gasteiger partial charge in [-0.15, -0.1) is 10.2 Å². The summed E-state index contributed by atoms with van der Waals surface area (Å²) in [6, 6.07) is 12.4. The van der Waals surface area contributed by atoms with E-state index in [4.69, 9.17) is 0 Å². The van der Waals surface area contributed by atoms with E-state index in [0.717, 1.165) is 12.2 Å². The lowest BCUT2D eigenvalue weighted by Gasteiger charge is -2.23. The molecule has 0 bridgehead atoms. The van der Waals surface area contributed by atoms with Gasteiger partial charge in [-0.3, -0.25) is 4.79 Å². The molecule has 1 aliphatic rings. The highest BCUT2D eigenvalue weighted by Gasteiger charge is 2.28. The van der Waals surface area contributed by atoms with Crippen LogP contribution in [0.5, 0.6) is 0 Å². The second kappa shape index (κ2) is 5.65. The Balaban J connectivity index is 1.82. The molecule has 1 aromatic carbocycles. The number of aromatic nitrogens is 2. The fraction of sp³-hybridized carbons (Fsp3) is 0.389. The highest BCUT2D eigenvalue weighted by Crippen LogP contribution is 2.36. The molecule has 1 atom stereocenters. The summed E-state index contributed by atoms with van der Waals surface area (Å²) in [6.45, 7) is 7.78. The van der Waals surface area contributed by atoms with Gasteiger partial charge in [-0.1, -0.05) is 39.0 Å². The summed E-state index contributed by atoms with van der Waals surface area (Å²) in [5.41, 5.74) is 2.05. The van der Waals surface area contributed by atoms with Crippen LogP contribution in [0.1, 0.15) is 33.3 Å². The third kappa shape index (κ3) is 3.04. The van der Waals surface area contributed by atoms with Crippen LogP contribution in [0, 0.1) is 5.41 Å². The van der Waals surface area contributed by atoms with Crippen molar-refractivity contribution in [3.63, 3.8) is 0 Å². The lowest BCUT2D eigenvalue weighted by molar-refractivity contribution is -0.123. The van der Waals surface area contributed by atoms with Gasteiger partial charge in [0.1, 0.15) is 0 Å². The molecule has 0 aliphatic carbocycles. The third-order valence-electron chi connectivity index (χ3n) is 4.03. The minimum absolute atomic E-state index is 0.0700. The minimum Gasteiger partial charge on any atom is -0.321 e. The van der Waals surface area contributed by atoms with Crippen molar-refractivity contribution in [3.8, 4) is 0 Å². The molecule has 0 radical (unpaired) electrons. The fourth-order valence-corrected chi connectivity index (χ4v) is 2.74. The zero-order valence-electron chi connectivity index (χ0n) is 14.0. The standard InChI is InChI=1S/C18H22N4O/c1-12-11-13-7-5-6-8-14(13)22(12)16-10-9-15(20-21-16)19-17(23)18(2,3)4/h5-10,12H,11H2,1-4H3,(H,19,20,23). The maximum absolute atomic E-state index is 12.0. The molecule has 1 unspecified atom stereocenters. The number of nitrogens with zero attached hydrogens (tertiary/aromatic N) is 3. The normalized spacial score (nSPS) is 17.0. The molecule has 0 spiro atoms. The summed E-state index contributed by atoms with van der Waals surface area (Å²) in [6.07, 6.45) is 1.00. The first-order valence-corrected chi connectivity index (χ1v) is 7.88. The molecule has 2 aromatic rings. The zero-order valence-corrected chi connectivity index (χ0v) is 14.0. The summed E-state index contributed by atoms with van der Waals surface area (Å²) in [5.74, 6) is 1.21. The van der Waals surface area contributed by atoms with Crippen LogP contribution in [0.25, 0.3) is 0 Å². The van der Waals surface area contributed by atoms with Gasteiger partial charge in [-0.05, 0) is 37.1 Å². The second-order valence-corrected chi connectivity index (χ2v) is 7.03. The van der Waals surface area contributed by atoms with E-state index < -0.39 is 5.41 Å². The van der Waals surface area contributed by atoms with E-state index in [-0.39, 0.29) is 5.91 Å². The van der Waals surface area contributed by atoms with Crippen LogP contribution < -0.4 is 10.2 Å². The molecule has 0 saturated heterocycles. The van der Waals surface area contributed by atoms with Crippen molar-refractivity contribution in [1.29, 1.82) is 0 Å². The Morgan fingerprint density at radius 2 is 1.91 bits per heavy atom. The molecule has 1 amide bonds. The van der Waals surface area contributed by atoms with Gasteiger partial charge >= 0.3 is 0 Å². The molecule has 0 fully saturated rings. The van der Waals surface area contributed by atoms with Gasteiger partial charge in [-0.25, -0.2) is 0 Å². The highest BCUT2D eigenvalue weighted by molar-refractivity contribution is 5.93. The van der Waals surface area contributed by atoms with Crippen molar-refractivity contribution in [2.45, 2.75) is 40.2 Å². The number of carbonyl (C=O) groups is 1. The molecular formula is C18H22N4O. The molecule has 23 heavy (non-hydrogen) atoms. The van der Waals surface area contributed by atoms with Crippen LogP contribution in [0.3, 0.4) is 0 Å². The van der Waals surface area contributed by atoms with Crippen molar-refractivity contribution in [1.82, 2.24) is 10.2 Å². The van der Waals surface area contributed by atoms with E-state index >= 15 is 0 Å². The van der Waals surface area contributed by atoms with Gasteiger partial charge in [0.15, 0.2) is 11.6 Å². The van der Waals surface area contributed by atoms with Gasteiger partial charge in [0.2, 0.25) is 5.91 Å². The average molecular weight is 310 g/mol. The summed E-state index contributed by atoms with van der Waals surface area (Å²) in [7, 11) is 0. The van der Waals surface area contributed by atoms with Gasteiger partial charge < -0.3 is 10.2 Å². The summed E-state index contributed by atoms with van der Waals surface area (Å²) in [4.78, 5) is 14.2. The molecule has 1 aliphatic heterocycles. The van der Waals surface area contributed by atoms with E-state index in [2.05, 4.69) is 45.5 Å². The molecule has 2 heterocycles. The Bertz CT molecular complexity index is 719. The number of amides is 1. The quantitative estimate of drug-likeness (QED) is 0.921. The average Bonchev–Trinajstić information content (AvgIpc) is 2.83. The number of anilines is 3. The van der Waals surface area contributed by atoms with Crippen LogP contribution >= 0.6 is 0 Å². The minimum atomic E-state index is -0.456. The summed E-state index contributed by atoms with van der Waals surface area (Å²) >= 11 is 0. The van der Waals surface area contributed by atoms with Crippen LogP contribution in [0.15, 0.2) is 36.4 Å². The van der Waals surface area contributed by atoms with Gasteiger partial charge in [0.05, 0.1) is 0 Å². The van der Waals surface area contributed by atoms with E-state index in [1.807, 2.05) is 32.9 Å². The zero-order chi connectivity index (χ0) is 16.6. The molecule has 3 rings (SSSR count). The third-order valence-corrected chi connectivity index (χ3v) is 4.03. The monoisotopic (exact) mass is 310 g/mol. The van der Waals surface area contributed by atoms with Gasteiger partial charge in [0.25, 0.3) is 0 Å². The first-order valence-electron chi connectivity index (χ1n) is 7.88. The second-order valence-electron chi connectivity index (χ2n) is 7.03. The highest BCUT2D eigenvalue weighted by atomic mass is 16.2. The number of rotatable bonds is 2. The number of carbonyl (C=O) groups excluding carboxylic acids is 1. The Morgan fingerprint density at radius 1 is 1.17 bits per heavy atom. The lowest BCUT2D eigenvalue weighted by atomic mass is 9.96. The summed E-state index contributed by atoms with van der Waals surface area (Å²) < 4.78 is 0. The van der Waals surface area contributed by atoms with Crippen molar-refractivity contribution in [2.75, 3.05) is 10.2 Å². The Morgan fingerprint density at radius 3 is 2.57 bits per heavy atom. The Labute approximate surface area is 136 Å². The van der Waals surface area contributed by atoms with E-state index in [9.17, 15) is 4.79 Å². The number of hydrogen-bond acceptors (Lipinski definition) is 4. The first-order chi connectivity index (χ1) is 10.9. The first kappa shape index (κ1) is 15.5. The van der Waals surface area contributed by atoms with Crippen LogP contribution in [0.4, 0.5) is 17.3 Å². The number of hydrogen-bond donors (Lipinski definition) is 1. The Kier molecular flexibility index (Phi) is 3.80. The van der Waals surface area contributed by atoms with Crippen molar-refractivity contribution in [3.05, 3.63) is 42.0 Å². The molecular weight excluding hydrogens is 288 g/mol. The molecule has 5 heteroatoms. The van der Waals surface area contributed by atoms with E-state index in [0.29, 0.717) is 11.9 Å². The number of nitrogens with one attached hydrogen (secondary N) is 1. The summed E-state index contributed by atoms with van der Waals surface area (Å²) in [5, 5.41) is 11.3. The molecule has 1 N–H and O–H groups in total. The number of benzene rings is 1.